The Hall–Kier alpha value is -3.80. The minimum atomic E-state index is -0.413. The SMILES string of the molecule is COCCn1nnnc1[C@@H](c1cc2cc3c(cc2[nH]c1=O)OCO3)N1CCN(Cc2ccccc2)CC1. The van der Waals surface area contributed by atoms with Gasteiger partial charge in [-0.1, -0.05) is 30.3 Å². The molecule has 11 heteroatoms. The van der Waals surface area contributed by atoms with Crippen molar-refractivity contribution in [1.29, 1.82) is 0 Å². The first-order chi connectivity index (χ1) is 18.2. The zero-order valence-electron chi connectivity index (χ0n) is 20.7. The standard InChI is InChI=1S/C26H29N7O4/c1-35-12-11-33-25(28-29-30-33)24(32-9-7-31(8-10-32)16-18-5-3-2-4-6-18)20-13-19-14-22-23(37-17-36-22)15-21(19)27-26(20)34/h2-6,13-15,24H,7-12,16-17H2,1H3,(H,27,34)/t24-/m1/s1. The lowest BCUT2D eigenvalue weighted by molar-refractivity contribution is 0.0984. The second kappa shape index (κ2) is 10.3. The molecule has 0 saturated carbocycles. The highest BCUT2D eigenvalue weighted by atomic mass is 16.7. The number of tetrazole rings is 1. The summed E-state index contributed by atoms with van der Waals surface area (Å²) >= 11 is 0. The summed E-state index contributed by atoms with van der Waals surface area (Å²) in [5.74, 6) is 1.92. The Morgan fingerprint density at radius 1 is 1.05 bits per heavy atom. The normalized spacial score (nSPS) is 16.9. The summed E-state index contributed by atoms with van der Waals surface area (Å²) in [6.45, 7) is 5.31. The number of rotatable bonds is 8. The fourth-order valence-corrected chi connectivity index (χ4v) is 5.08. The monoisotopic (exact) mass is 503 g/mol. The highest BCUT2D eigenvalue weighted by Crippen LogP contribution is 2.36. The first kappa shape index (κ1) is 23.6. The van der Waals surface area contributed by atoms with E-state index in [2.05, 4.69) is 54.6 Å². The van der Waals surface area contributed by atoms with Gasteiger partial charge in [-0.15, -0.1) is 5.10 Å². The number of aromatic amines is 1. The van der Waals surface area contributed by atoms with Gasteiger partial charge < -0.3 is 19.2 Å². The second-order valence-corrected chi connectivity index (χ2v) is 9.30. The molecule has 2 aromatic carbocycles. The van der Waals surface area contributed by atoms with E-state index < -0.39 is 6.04 Å². The van der Waals surface area contributed by atoms with Crippen molar-refractivity contribution in [3.8, 4) is 11.5 Å². The van der Waals surface area contributed by atoms with E-state index in [1.807, 2.05) is 24.3 Å². The molecule has 4 heterocycles. The smallest absolute Gasteiger partial charge is 0.253 e. The maximum absolute atomic E-state index is 13.5. The summed E-state index contributed by atoms with van der Waals surface area (Å²) in [4.78, 5) is 21.2. The lowest BCUT2D eigenvalue weighted by Gasteiger charge is -2.38. The number of aromatic nitrogens is 5. The molecule has 192 valence electrons. The van der Waals surface area contributed by atoms with E-state index in [-0.39, 0.29) is 12.4 Å². The number of hydrogen-bond acceptors (Lipinski definition) is 9. The van der Waals surface area contributed by atoms with Gasteiger partial charge in [0, 0.05) is 56.8 Å². The van der Waals surface area contributed by atoms with Crippen LogP contribution in [0.3, 0.4) is 0 Å². The van der Waals surface area contributed by atoms with Crippen molar-refractivity contribution < 1.29 is 14.2 Å². The maximum Gasteiger partial charge on any atom is 0.253 e. The highest BCUT2D eigenvalue weighted by molar-refractivity contribution is 5.83. The molecule has 1 N–H and O–H groups in total. The zero-order valence-corrected chi connectivity index (χ0v) is 20.7. The summed E-state index contributed by atoms with van der Waals surface area (Å²) < 4.78 is 18.0. The minimum absolute atomic E-state index is 0.174. The Labute approximate surface area is 213 Å². The molecule has 1 fully saturated rings. The molecule has 1 saturated heterocycles. The van der Waals surface area contributed by atoms with E-state index in [0.29, 0.717) is 41.6 Å². The van der Waals surface area contributed by atoms with Gasteiger partial charge in [-0.2, -0.15) is 0 Å². The molecule has 0 amide bonds. The van der Waals surface area contributed by atoms with Crippen LogP contribution in [-0.2, 0) is 17.8 Å². The molecule has 37 heavy (non-hydrogen) atoms. The molecule has 0 radical (unpaired) electrons. The molecule has 0 bridgehead atoms. The van der Waals surface area contributed by atoms with Crippen molar-refractivity contribution in [3.63, 3.8) is 0 Å². The van der Waals surface area contributed by atoms with Gasteiger partial charge in [-0.3, -0.25) is 14.6 Å². The number of ether oxygens (including phenoxy) is 3. The molecular formula is C26H29N7O4. The Balaban J connectivity index is 1.34. The van der Waals surface area contributed by atoms with Crippen molar-refractivity contribution in [2.24, 2.45) is 0 Å². The van der Waals surface area contributed by atoms with Crippen LogP contribution in [-0.4, -0.2) is 81.7 Å². The molecule has 4 aromatic rings. The summed E-state index contributed by atoms with van der Waals surface area (Å²) in [7, 11) is 1.64. The van der Waals surface area contributed by atoms with Gasteiger partial charge in [-0.05, 0) is 28.1 Å². The van der Waals surface area contributed by atoms with E-state index >= 15 is 0 Å². The van der Waals surface area contributed by atoms with Crippen molar-refractivity contribution in [3.05, 3.63) is 75.8 Å². The number of nitrogens with one attached hydrogen (secondary N) is 1. The van der Waals surface area contributed by atoms with Crippen LogP contribution in [0.1, 0.15) is 23.0 Å². The van der Waals surface area contributed by atoms with Gasteiger partial charge in [0.25, 0.3) is 5.56 Å². The summed E-state index contributed by atoms with van der Waals surface area (Å²) in [6, 6.07) is 15.7. The van der Waals surface area contributed by atoms with Gasteiger partial charge in [0.2, 0.25) is 6.79 Å². The quantitative estimate of drug-likeness (QED) is 0.385. The molecule has 0 spiro atoms. The largest absolute Gasteiger partial charge is 0.454 e. The second-order valence-electron chi connectivity index (χ2n) is 9.30. The van der Waals surface area contributed by atoms with E-state index in [9.17, 15) is 4.79 Å². The van der Waals surface area contributed by atoms with Crippen molar-refractivity contribution in [1.82, 2.24) is 35.0 Å². The summed E-state index contributed by atoms with van der Waals surface area (Å²) in [5.41, 5.74) is 2.41. The van der Waals surface area contributed by atoms with Crippen LogP contribution in [0.2, 0.25) is 0 Å². The third-order valence-electron chi connectivity index (χ3n) is 6.99. The van der Waals surface area contributed by atoms with E-state index in [1.54, 1.807) is 11.8 Å². The Morgan fingerprint density at radius 2 is 1.84 bits per heavy atom. The fourth-order valence-electron chi connectivity index (χ4n) is 5.08. The van der Waals surface area contributed by atoms with Crippen LogP contribution >= 0.6 is 0 Å². The van der Waals surface area contributed by atoms with Crippen molar-refractivity contribution in [2.45, 2.75) is 19.1 Å². The summed E-state index contributed by atoms with van der Waals surface area (Å²) in [6.07, 6.45) is 0. The van der Waals surface area contributed by atoms with E-state index in [4.69, 9.17) is 14.2 Å². The fraction of sp³-hybridized carbons (Fsp3) is 0.385. The Kier molecular flexibility index (Phi) is 6.56. The van der Waals surface area contributed by atoms with Crippen molar-refractivity contribution >= 4 is 10.9 Å². The van der Waals surface area contributed by atoms with Crippen LogP contribution in [0.25, 0.3) is 10.9 Å². The molecule has 1 atom stereocenters. The molecule has 2 aromatic heterocycles. The number of piperazine rings is 1. The lowest BCUT2D eigenvalue weighted by atomic mass is 10.0. The lowest BCUT2D eigenvalue weighted by Crippen LogP contribution is -2.48. The topological polar surface area (TPSA) is 111 Å². The first-order valence-electron chi connectivity index (χ1n) is 12.4. The van der Waals surface area contributed by atoms with Gasteiger partial charge in [0.05, 0.1) is 18.7 Å². The van der Waals surface area contributed by atoms with Crippen LogP contribution in [0.15, 0.2) is 53.3 Å². The number of hydrogen-bond donors (Lipinski definition) is 1. The van der Waals surface area contributed by atoms with Crippen LogP contribution in [0, 0.1) is 0 Å². The summed E-state index contributed by atoms with van der Waals surface area (Å²) in [5, 5.41) is 13.4. The molecular weight excluding hydrogens is 474 g/mol. The first-order valence-corrected chi connectivity index (χ1v) is 12.4. The van der Waals surface area contributed by atoms with Crippen molar-refractivity contribution in [2.75, 3.05) is 46.7 Å². The van der Waals surface area contributed by atoms with Crippen LogP contribution in [0.4, 0.5) is 0 Å². The van der Waals surface area contributed by atoms with Crippen LogP contribution < -0.4 is 15.0 Å². The average Bonchev–Trinajstić information content (AvgIpc) is 3.57. The van der Waals surface area contributed by atoms with Crippen LogP contribution in [0.5, 0.6) is 11.5 Å². The molecule has 11 nitrogen and oxygen atoms in total. The highest BCUT2D eigenvalue weighted by Gasteiger charge is 2.33. The van der Waals surface area contributed by atoms with E-state index in [0.717, 1.165) is 38.1 Å². The zero-order chi connectivity index (χ0) is 25.2. The number of nitrogens with zero attached hydrogens (tertiary/aromatic N) is 6. The maximum atomic E-state index is 13.5. The molecule has 0 unspecified atom stereocenters. The third-order valence-corrected chi connectivity index (χ3v) is 6.99. The molecule has 6 rings (SSSR count). The van der Waals surface area contributed by atoms with E-state index in [1.165, 1.54) is 5.56 Å². The van der Waals surface area contributed by atoms with Gasteiger partial charge >= 0.3 is 0 Å². The Bertz CT molecular complexity index is 1430. The Morgan fingerprint density at radius 3 is 2.62 bits per heavy atom. The van der Waals surface area contributed by atoms with Gasteiger partial charge in [0.15, 0.2) is 17.3 Å². The predicted molar refractivity (Wildman–Crippen MR) is 136 cm³/mol. The number of pyridine rings is 1. The number of benzene rings is 2. The molecule has 0 aliphatic carbocycles. The number of fused-ring (bicyclic) bond motifs is 2. The minimum Gasteiger partial charge on any atom is -0.454 e. The average molecular weight is 504 g/mol. The predicted octanol–water partition coefficient (Wildman–Crippen LogP) is 1.80. The number of H-pyrrole nitrogens is 1. The third kappa shape index (κ3) is 4.80. The number of methoxy groups -OCH3 is 1. The van der Waals surface area contributed by atoms with Gasteiger partial charge in [-0.25, -0.2) is 4.68 Å². The van der Waals surface area contributed by atoms with Gasteiger partial charge in [0.1, 0.15) is 6.04 Å². The molecule has 2 aliphatic rings. The molecule has 2 aliphatic heterocycles.